The molecule has 1 aliphatic rings. The molecule has 31 heavy (non-hydrogen) atoms. The molecule has 5 N–H and O–H groups in total. The number of nitrogens with zero attached hydrogens (tertiary/aromatic N) is 3. The summed E-state index contributed by atoms with van der Waals surface area (Å²) in [7, 11) is 0. The minimum Gasteiger partial charge on any atom is -0.344 e. The summed E-state index contributed by atoms with van der Waals surface area (Å²) in [5.41, 5.74) is 5.89. The summed E-state index contributed by atoms with van der Waals surface area (Å²) in [5.74, 6) is 0.638. The Hall–Kier alpha value is -2.91. The van der Waals surface area contributed by atoms with Crippen LogP contribution in [0.25, 0.3) is 27.9 Å². The van der Waals surface area contributed by atoms with E-state index in [1.165, 1.54) is 18.4 Å². The van der Waals surface area contributed by atoms with Gasteiger partial charge in [0.1, 0.15) is 0 Å². The first-order valence-electron chi connectivity index (χ1n) is 10.1. The molecule has 0 amide bonds. The first-order chi connectivity index (χ1) is 14.7. The van der Waals surface area contributed by atoms with Crippen LogP contribution in [0, 0.1) is 0 Å². The van der Waals surface area contributed by atoms with Crippen LogP contribution < -0.4 is 11.5 Å². The summed E-state index contributed by atoms with van der Waals surface area (Å²) in [6.07, 6.45) is 7.96. The summed E-state index contributed by atoms with van der Waals surface area (Å²) in [6.45, 7) is 2.18. The van der Waals surface area contributed by atoms with Gasteiger partial charge in [-0.2, -0.15) is 9.65 Å². The van der Waals surface area contributed by atoms with E-state index in [1.807, 2.05) is 18.5 Å². The molecular weight excluding hydrogens is 410 g/mol. The highest BCUT2D eigenvalue weighted by atomic mass is 32.2. The molecule has 4 aromatic rings. The van der Waals surface area contributed by atoms with Crippen molar-refractivity contribution < 1.29 is 8.76 Å². The summed E-state index contributed by atoms with van der Waals surface area (Å²) in [6, 6.07) is 15.8. The number of fused-ring (bicyclic) bond motifs is 1. The Morgan fingerprint density at radius 2 is 1.77 bits per heavy atom. The van der Waals surface area contributed by atoms with Gasteiger partial charge < -0.3 is 11.5 Å². The molecule has 5 rings (SSSR count). The largest absolute Gasteiger partial charge is 0.344 e. The minimum atomic E-state index is -2.38. The van der Waals surface area contributed by atoms with Crippen LogP contribution in [0.1, 0.15) is 24.3 Å². The number of rotatable bonds is 4. The van der Waals surface area contributed by atoms with Crippen molar-refractivity contribution in [2.75, 3.05) is 13.1 Å². The Labute approximate surface area is 183 Å². The fourth-order valence-corrected chi connectivity index (χ4v) is 4.59. The van der Waals surface area contributed by atoms with E-state index in [0.717, 1.165) is 41.0 Å². The average Bonchev–Trinajstić information content (AvgIpc) is 3.23. The van der Waals surface area contributed by atoms with Crippen LogP contribution in [-0.4, -0.2) is 32.2 Å². The fraction of sp³-hybridized carbons (Fsp3) is 0.217. The second-order valence-electron chi connectivity index (χ2n) is 7.64. The molecule has 2 aromatic carbocycles. The van der Waals surface area contributed by atoms with Gasteiger partial charge in [0, 0.05) is 29.6 Å². The molecule has 8 heteroatoms. The maximum Gasteiger partial charge on any atom is 0.235 e. The molecule has 0 saturated carbocycles. The third-order valence-corrected chi connectivity index (χ3v) is 6.51. The Bertz CT molecular complexity index is 1220. The van der Waals surface area contributed by atoms with E-state index in [-0.39, 0.29) is 6.15 Å². The highest BCUT2D eigenvalue weighted by Crippen LogP contribution is 2.29. The maximum atomic E-state index is 11.4. The average molecular weight is 437 g/mol. The molecule has 2 aromatic heterocycles. The third-order valence-electron chi connectivity index (χ3n) is 5.79. The van der Waals surface area contributed by atoms with Gasteiger partial charge in [0.2, 0.25) is 11.1 Å². The molecule has 0 radical (unpaired) electrons. The monoisotopic (exact) mass is 436 g/mol. The number of benzene rings is 2. The molecule has 1 fully saturated rings. The normalized spacial score (nSPS) is 15.5. The van der Waals surface area contributed by atoms with Crippen LogP contribution in [0.15, 0.2) is 72.0 Å². The topological polar surface area (TPSA) is 115 Å². The van der Waals surface area contributed by atoms with Gasteiger partial charge in [-0.15, -0.1) is 0 Å². The van der Waals surface area contributed by atoms with Crippen LogP contribution in [-0.2, 0) is 15.3 Å². The van der Waals surface area contributed by atoms with Crippen LogP contribution >= 0.6 is 0 Å². The molecule has 3 heterocycles. The predicted molar refractivity (Wildman–Crippen MR) is 124 cm³/mol. The van der Waals surface area contributed by atoms with Crippen molar-refractivity contribution in [1.82, 2.24) is 26.1 Å². The third kappa shape index (κ3) is 4.28. The summed E-state index contributed by atoms with van der Waals surface area (Å²) >= 11 is -2.38. The van der Waals surface area contributed by atoms with Gasteiger partial charge in [-0.05, 0) is 54.6 Å². The van der Waals surface area contributed by atoms with Crippen molar-refractivity contribution in [3.05, 3.63) is 72.7 Å². The molecule has 0 bridgehead atoms. The lowest BCUT2D eigenvalue weighted by Gasteiger charge is -2.23. The number of aromatic nitrogens is 3. The van der Waals surface area contributed by atoms with E-state index in [9.17, 15) is 8.76 Å². The van der Waals surface area contributed by atoms with Gasteiger partial charge in [-0.3, -0.25) is 0 Å². The fourth-order valence-electron chi connectivity index (χ4n) is 4.12. The Morgan fingerprint density at radius 3 is 2.52 bits per heavy atom. The smallest absolute Gasteiger partial charge is 0.235 e. The van der Waals surface area contributed by atoms with E-state index in [0.29, 0.717) is 10.8 Å². The van der Waals surface area contributed by atoms with Crippen molar-refractivity contribution in [3.63, 3.8) is 0 Å². The minimum absolute atomic E-state index is 0. The second-order valence-corrected chi connectivity index (χ2v) is 8.70. The van der Waals surface area contributed by atoms with Gasteiger partial charge in [-0.25, -0.2) is 9.50 Å². The lowest BCUT2D eigenvalue weighted by atomic mass is 9.89. The van der Waals surface area contributed by atoms with Crippen LogP contribution in [0.2, 0.25) is 0 Å². The SMILES string of the molecule is N.O=[SH+](O)c1cccc(-c2cnn3cc(-c4ccc(C5CCNCC5)cc4)cnc23)c1. The molecule has 1 atom stereocenters. The zero-order valence-corrected chi connectivity index (χ0v) is 18.0. The van der Waals surface area contributed by atoms with Gasteiger partial charge >= 0.3 is 0 Å². The Kier molecular flexibility index (Phi) is 6.24. The Morgan fingerprint density at radius 1 is 1.00 bits per heavy atom. The number of hydrogen-bond acceptors (Lipinski definition) is 5. The van der Waals surface area contributed by atoms with Gasteiger partial charge in [-0.1, -0.05) is 40.6 Å². The van der Waals surface area contributed by atoms with Crippen molar-refractivity contribution in [2.24, 2.45) is 0 Å². The van der Waals surface area contributed by atoms with Crippen molar-refractivity contribution in [2.45, 2.75) is 23.7 Å². The number of thiol groups is 1. The molecule has 1 aliphatic heterocycles. The van der Waals surface area contributed by atoms with E-state index in [2.05, 4.69) is 39.7 Å². The first kappa shape index (κ1) is 21.3. The second kappa shape index (κ2) is 9.07. The van der Waals surface area contributed by atoms with Gasteiger partial charge in [0.25, 0.3) is 0 Å². The summed E-state index contributed by atoms with van der Waals surface area (Å²) in [4.78, 5) is 5.03. The van der Waals surface area contributed by atoms with Crippen LogP contribution in [0.4, 0.5) is 0 Å². The van der Waals surface area contributed by atoms with Crippen molar-refractivity contribution >= 4 is 16.7 Å². The molecule has 7 nitrogen and oxygen atoms in total. The van der Waals surface area contributed by atoms with Crippen molar-refractivity contribution in [1.29, 1.82) is 0 Å². The predicted octanol–water partition coefficient (Wildman–Crippen LogP) is 4.22. The van der Waals surface area contributed by atoms with E-state index < -0.39 is 11.1 Å². The van der Waals surface area contributed by atoms with Crippen LogP contribution in [0.5, 0.6) is 0 Å². The highest BCUT2D eigenvalue weighted by Gasteiger charge is 2.16. The van der Waals surface area contributed by atoms with E-state index >= 15 is 0 Å². The van der Waals surface area contributed by atoms with Gasteiger partial charge in [0.05, 0.1) is 6.20 Å². The van der Waals surface area contributed by atoms with Crippen LogP contribution in [0.3, 0.4) is 0 Å². The first-order valence-corrected chi connectivity index (χ1v) is 11.3. The Balaban J connectivity index is 0.00000231. The highest BCUT2D eigenvalue weighted by molar-refractivity contribution is 7.79. The lowest BCUT2D eigenvalue weighted by molar-refractivity contribution is 0.460. The number of nitrogens with one attached hydrogen (secondary N) is 1. The molecular formula is C23H26N5O2S+. The maximum absolute atomic E-state index is 11.4. The van der Waals surface area contributed by atoms with E-state index in [1.54, 1.807) is 28.9 Å². The van der Waals surface area contributed by atoms with Crippen molar-refractivity contribution in [3.8, 4) is 22.3 Å². The molecule has 1 saturated heterocycles. The van der Waals surface area contributed by atoms with E-state index in [4.69, 9.17) is 0 Å². The quantitative estimate of drug-likeness (QED) is 0.326. The molecule has 1 unspecified atom stereocenters. The summed E-state index contributed by atoms with van der Waals surface area (Å²) in [5, 5.41) is 7.87. The molecule has 0 aliphatic carbocycles. The lowest BCUT2D eigenvalue weighted by Crippen LogP contribution is -2.26. The summed E-state index contributed by atoms with van der Waals surface area (Å²) < 4.78 is 22.6. The number of piperidine rings is 1. The molecule has 160 valence electrons. The standard InChI is InChI=1S/C23H22N4O2S.H3N/c28-30(29)21-3-1-2-19(12-21)22-14-26-27-15-20(13-25-23(22)27)17-6-4-16(5-7-17)18-8-10-24-11-9-18;/h1-7,12-15,18,24H,8-11H2,(H,28,29);1H3/p+1. The zero-order chi connectivity index (χ0) is 20.5. The zero-order valence-electron chi connectivity index (χ0n) is 17.1. The number of hydrogen-bond donors (Lipinski definition) is 3. The molecule has 0 spiro atoms. The van der Waals surface area contributed by atoms with Gasteiger partial charge in [0.15, 0.2) is 10.5 Å².